The fourth-order valence-corrected chi connectivity index (χ4v) is 8.69. The molecular formula is C27H46O3. The molecule has 0 radical (unpaired) electrons. The monoisotopic (exact) mass is 418 g/mol. The molecule has 7 unspecified atom stereocenters. The summed E-state index contributed by atoms with van der Waals surface area (Å²) in [6, 6.07) is 0. The molecule has 3 N–H and O–H groups in total. The molecule has 172 valence electrons. The van der Waals surface area contributed by atoms with Crippen LogP contribution in [0.25, 0.3) is 0 Å². The van der Waals surface area contributed by atoms with Crippen molar-refractivity contribution in [2.75, 3.05) is 6.61 Å². The maximum Gasteiger partial charge on any atom is 0.0757 e. The molecule has 0 aromatic carbocycles. The third-order valence-corrected chi connectivity index (χ3v) is 10.5. The quantitative estimate of drug-likeness (QED) is 0.511. The standard InChI is InChI=1S/C27H46O3/c1-17(16-28)6-5-7-18(2)21-8-9-22-25-23(11-13-27(21,22)4)26(3)12-10-20(29)14-19(26)15-24(25)30/h15,17-18,20-25,28-30H,5-14,16H2,1-4H3/t17-,18?,20+,21?,22?,23?,24+,25?,26?,27?/m1/s1. The molecule has 3 nitrogen and oxygen atoms in total. The van der Waals surface area contributed by atoms with E-state index in [9.17, 15) is 15.3 Å². The lowest BCUT2D eigenvalue weighted by atomic mass is 9.46. The molecule has 0 aromatic rings. The summed E-state index contributed by atoms with van der Waals surface area (Å²) in [6.45, 7) is 9.92. The highest BCUT2D eigenvalue weighted by Gasteiger charge is 2.61. The average molecular weight is 419 g/mol. The van der Waals surface area contributed by atoms with Gasteiger partial charge in [-0.05, 0) is 97.7 Å². The molecular weight excluding hydrogens is 372 g/mol. The van der Waals surface area contributed by atoms with E-state index < -0.39 is 0 Å². The molecule has 4 aliphatic rings. The molecule has 4 aliphatic carbocycles. The summed E-state index contributed by atoms with van der Waals surface area (Å²) in [5.74, 6) is 3.54. The number of hydrogen-bond donors (Lipinski definition) is 3. The lowest BCUT2D eigenvalue weighted by Crippen LogP contribution is -2.54. The van der Waals surface area contributed by atoms with Gasteiger partial charge in [-0.25, -0.2) is 0 Å². The van der Waals surface area contributed by atoms with E-state index in [1.807, 2.05) is 0 Å². The molecule has 0 heterocycles. The van der Waals surface area contributed by atoms with Gasteiger partial charge in [-0.3, -0.25) is 0 Å². The largest absolute Gasteiger partial charge is 0.396 e. The molecule has 0 amide bonds. The molecule has 0 aliphatic heterocycles. The van der Waals surface area contributed by atoms with Gasteiger partial charge < -0.3 is 15.3 Å². The van der Waals surface area contributed by atoms with Gasteiger partial charge in [-0.1, -0.05) is 52.2 Å². The van der Waals surface area contributed by atoms with Crippen molar-refractivity contribution in [3.8, 4) is 0 Å². The summed E-state index contributed by atoms with van der Waals surface area (Å²) in [4.78, 5) is 0. The number of aliphatic hydroxyl groups excluding tert-OH is 3. The van der Waals surface area contributed by atoms with Crippen LogP contribution in [0.15, 0.2) is 11.6 Å². The van der Waals surface area contributed by atoms with E-state index in [-0.39, 0.29) is 17.6 Å². The topological polar surface area (TPSA) is 60.7 Å². The third kappa shape index (κ3) is 3.71. The number of hydrogen-bond acceptors (Lipinski definition) is 3. The van der Waals surface area contributed by atoms with Gasteiger partial charge in [0.15, 0.2) is 0 Å². The van der Waals surface area contributed by atoms with Gasteiger partial charge in [-0.2, -0.15) is 0 Å². The first-order chi connectivity index (χ1) is 14.2. The molecule has 10 atom stereocenters. The first-order valence-electron chi connectivity index (χ1n) is 12.9. The van der Waals surface area contributed by atoms with Gasteiger partial charge in [0, 0.05) is 6.61 Å². The Labute approximate surface area is 184 Å². The van der Waals surface area contributed by atoms with Crippen molar-refractivity contribution in [2.24, 2.45) is 46.3 Å². The van der Waals surface area contributed by atoms with Crippen LogP contribution in [-0.4, -0.2) is 34.1 Å². The summed E-state index contributed by atoms with van der Waals surface area (Å²) in [5.41, 5.74) is 1.90. The Hall–Kier alpha value is -0.380. The second kappa shape index (κ2) is 8.52. The van der Waals surface area contributed by atoms with Crippen LogP contribution >= 0.6 is 0 Å². The van der Waals surface area contributed by atoms with Crippen LogP contribution in [0, 0.1) is 46.3 Å². The highest BCUT2D eigenvalue weighted by molar-refractivity contribution is 5.27. The van der Waals surface area contributed by atoms with E-state index in [2.05, 4.69) is 33.8 Å². The molecule has 3 saturated carbocycles. The second-order valence-corrected chi connectivity index (χ2v) is 12.2. The Kier molecular flexibility index (Phi) is 6.48. The average Bonchev–Trinajstić information content (AvgIpc) is 3.06. The number of rotatable bonds is 6. The van der Waals surface area contributed by atoms with Gasteiger partial charge in [0.2, 0.25) is 0 Å². The van der Waals surface area contributed by atoms with Gasteiger partial charge in [0.25, 0.3) is 0 Å². The summed E-state index contributed by atoms with van der Waals surface area (Å²) in [7, 11) is 0. The maximum absolute atomic E-state index is 11.3. The van der Waals surface area contributed by atoms with Gasteiger partial charge >= 0.3 is 0 Å². The minimum absolute atomic E-state index is 0.189. The van der Waals surface area contributed by atoms with Crippen LogP contribution in [0.3, 0.4) is 0 Å². The van der Waals surface area contributed by atoms with E-state index >= 15 is 0 Å². The fraction of sp³-hybridized carbons (Fsp3) is 0.926. The van der Waals surface area contributed by atoms with Crippen molar-refractivity contribution < 1.29 is 15.3 Å². The SMILES string of the molecule is CC(CCC[C@@H](C)CO)C1CCC2C3C(CCC12C)C1(C)CC[C@H](O)CC1=C[C@@H]3O. The molecule has 0 spiro atoms. The summed E-state index contributed by atoms with van der Waals surface area (Å²) in [5, 5.41) is 30.8. The van der Waals surface area contributed by atoms with Crippen molar-refractivity contribution in [3.05, 3.63) is 11.6 Å². The smallest absolute Gasteiger partial charge is 0.0757 e. The predicted octanol–water partition coefficient (Wildman–Crippen LogP) is 5.33. The van der Waals surface area contributed by atoms with Crippen molar-refractivity contribution in [3.63, 3.8) is 0 Å². The van der Waals surface area contributed by atoms with E-state index in [0.29, 0.717) is 35.7 Å². The Bertz CT molecular complexity index is 644. The lowest BCUT2D eigenvalue weighted by molar-refractivity contribution is -0.0971. The van der Waals surface area contributed by atoms with Crippen molar-refractivity contribution in [1.29, 1.82) is 0 Å². The molecule has 3 heteroatoms. The normalized spacial score (nSPS) is 47.6. The Morgan fingerprint density at radius 1 is 1.00 bits per heavy atom. The van der Waals surface area contributed by atoms with Crippen LogP contribution in [0.2, 0.25) is 0 Å². The van der Waals surface area contributed by atoms with Gasteiger partial charge in [-0.15, -0.1) is 0 Å². The lowest BCUT2D eigenvalue weighted by Gasteiger charge is -2.59. The van der Waals surface area contributed by atoms with Crippen LogP contribution in [0.1, 0.15) is 91.9 Å². The van der Waals surface area contributed by atoms with E-state index in [4.69, 9.17) is 0 Å². The van der Waals surface area contributed by atoms with E-state index in [0.717, 1.165) is 37.5 Å². The highest BCUT2D eigenvalue weighted by atomic mass is 16.3. The molecule has 3 fully saturated rings. The zero-order chi connectivity index (χ0) is 21.7. The Morgan fingerprint density at radius 3 is 2.50 bits per heavy atom. The van der Waals surface area contributed by atoms with Gasteiger partial charge in [0.1, 0.15) is 0 Å². The van der Waals surface area contributed by atoms with E-state index in [1.54, 1.807) is 0 Å². The fourth-order valence-electron chi connectivity index (χ4n) is 8.69. The van der Waals surface area contributed by atoms with Gasteiger partial charge in [0.05, 0.1) is 12.2 Å². The molecule has 4 rings (SSSR count). The molecule has 0 aromatic heterocycles. The minimum Gasteiger partial charge on any atom is -0.396 e. The summed E-state index contributed by atoms with van der Waals surface area (Å²) < 4.78 is 0. The summed E-state index contributed by atoms with van der Waals surface area (Å²) >= 11 is 0. The van der Waals surface area contributed by atoms with Crippen LogP contribution < -0.4 is 0 Å². The Morgan fingerprint density at radius 2 is 1.77 bits per heavy atom. The van der Waals surface area contributed by atoms with Crippen LogP contribution in [0.4, 0.5) is 0 Å². The third-order valence-electron chi connectivity index (χ3n) is 10.5. The zero-order valence-electron chi connectivity index (χ0n) is 19.8. The van der Waals surface area contributed by atoms with Crippen molar-refractivity contribution in [2.45, 2.75) is 104 Å². The van der Waals surface area contributed by atoms with Crippen LogP contribution in [0.5, 0.6) is 0 Å². The maximum atomic E-state index is 11.3. The first-order valence-corrected chi connectivity index (χ1v) is 12.9. The highest BCUT2D eigenvalue weighted by Crippen LogP contribution is 2.67. The Balaban J connectivity index is 1.50. The molecule has 0 bridgehead atoms. The van der Waals surface area contributed by atoms with Crippen LogP contribution in [-0.2, 0) is 0 Å². The molecule has 0 saturated heterocycles. The van der Waals surface area contributed by atoms with Crippen molar-refractivity contribution in [1.82, 2.24) is 0 Å². The minimum atomic E-state index is -0.326. The van der Waals surface area contributed by atoms with Crippen molar-refractivity contribution >= 4 is 0 Å². The predicted molar refractivity (Wildman–Crippen MR) is 122 cm³/mol. The van der Waals surface area contributed by atoms with E-state index in [1.165, 1.54) is 44.1 Å². The zero-order valence-corrected chi connectivity index (χ0v) is 19.8. The number of fused-ring (bicyclic) bond motifs is 5. The number of aliphatic hydroxyl groups is 3. The first kappa shape index (κ1) is 22.8. The molecule has 30 heavy (non-hydrogen) atoms. The second-order valence-electron chi connectivity index (χ2n) is 12.2. The summed E-state index contributed by atoms with van der Waals surface area (Å²) in [6.07, 6.45) is 13.2.